The summed E-state index contributed by atoms with van der Waals surface area (Å²) in [7, 11) is 0. The van der Waals surface area contributed by atoms with Gasteiger partial charge in [0.25, 0.3) is 5.91 Å². The number of alkyl halides is 3. The first-order valence-electron chi connectivity index (χ1n) is 5.70. The minimum Gasteiger partial charge on any atom is -0.483 e. The van der Waals surface area contributed by atoms with Crippen LogP contribution in [0.1, 0.15) is 16.7 Å². The predicted octanol–water partition coefficient (Wildman–Crippen LogP) is 2.23. The molecule has 0 atom stereocenters. The van der Waals surface area contributed by atoms with Crippen LogP contribution in [0.15, 0.2) is 12.1 Å². The molecule has 0 aliphatic heterocycles. The molecule has 1 rings (SSSR count). The summed E-state index contributed by atoms with van der Waals surface area (Å²) >= 11 is 0. The molecule has 0 radical (unpaired) electrons. The zero-order valence-electron chi connectivity index (χ0n) is 11.0. The lowest BCUT2D eigenvalue weighted by Crippen LogP contribution is -2.36. The van der Waals surface area contributed by atoms with Crippen LogP contribution in [-0.4, -0.2) is 25.2 Å². The maximum atomic E-state index is 11.9. The lowest BCUT2D eigenvalue weighted by molar-refractivity contribution is -0.139. The number of halogens is 3. The zero-order valence-corrected chi connectivity index (χ0v) is 11.0. The molecule has 0 spiro atoms. The summed E-state index contributed by atoms with van der Waals surface area (Å²) in [6.45, 7) is 1.48. The summed E-state index contributed by atoms with van der Waals surface area (Å²) in [6.07, 6.45) is -4.45. The van der Waals surface area contributed by atoms with E-state index in [-0.39, 0.29) is 0 Å². The molecule has 0 aliphatic rings. The Morgan fingerprint density at radius 3 is 2.35 bits per heavy atom. The highest BCUT2D eigenvalue weighted by atomic mass is 19.4. The van der Waals surface area contributed by atoms with Crippen LogP contribution in [0.2, 0.25) is 0 Å². The molecule has 0 aliphatic carbocycles. The van der Waals surface area contributed by atoms with Gasteiger partial charge in [0.05, 0.1) is 11.6 Å². The van der Waals surface area contributed by atoms with E-state index in [0.717, 1.165) is 0 Å². The van der Waals surface area contributed by atoms with Crippen molar-refractivity contribution in [2.45, 2.75) is 20.0 Å². The van der Waals surface area contributed by atoms with Crippen molar-refractivity contribution >= 4 is 5.91 Å². The van der Waals surface area contributed by atoms with Gasteiger partial charge in [-0.25, -0.2) is 0 Å². The van der Waals surface area contributed by atoms with Gasteiger partial charge in [-0.05, 0) is 37.1 Å². The van der Waals surface area contributed by atoms with Crippen molar-refractivity contribution in [1.82, 2.24) is 5.32 Å². The molecular formula is C13H13F3N2O2. The van der Waals surface area contributed by atoms with Gasteiger partial charge >= 0.3 is 6.18 Å². The number of rotatable bonds is 4. The monoisotopic (exact) mass is 286 g/mol. The van der Waals surface area contributed by atoms with Gasteiger partial charge in [-0.3, -0.25) is 4.79 Å². The number of aryl methyl sites for hydroxylation is 2. The number of hydrogen-bond acceptors (Lipinski definition) is 3. The van der Waals surface area contributed by atoms with E-state index in [1.54, 1.807) is 31.3 Å². The van der Waals surface area contributed by atoms with Gasteiger partial charge in [-0.15, -0.1) is 0 Å². The molecule has 1 aromatic carbocycles. The second kappa shape index (κ2) is 6.28. The van der Waals surface area contributed by atoms with E-state index < -0.39 is 25.2 Å². The number of nitrogens with one attached hydrogen (secondary N) is 1. The van der Waals surface area contributed by atoms with Crippen LogP contribution in [0.5, 0.6) is 5.75 Å². The average Bonchev–Trinajstić information content (AvgIpc) is 2.34. The van der Waals surface area contributed by atoms with E-state index in [0.29, 0.717) is 22.4 Å². The van der Waals surface area contributed by atoms with Crippen LogP contribution >= 0.6 is 0 Å². The number of carbonyl (C=O) groups excluding carboxylic acids is 1. The van der Waals surface area contributed by atoms with E-state index in [1.807, 2.05) is 6.07 Å². The Balaban J connectivity index is 2.63. The Hall–Kier alpha value is -2.23. The van der Waals surface area contributed by atoms with Crippen molar-refractivity contribution in [2.75, 3.05) is 13.2 Å². The fourth-order valence-corrected chi connectivity index (χ4v) is 1.63. The summed E-state index contributed by atoms with van der Waals surface area (Å²) in [5.41, 5.74) is 1.74. The lowest BCUT2D eigenvalue weighted by atomic mass is 10.1. The minimum absolute atomic E-state index is 0.395. The first-order chi connectivity index (χ1) is 9.23. The van der Waals surface area contributed by atoms with Crippen molar-refractivity contribution in [3.8, 4) is 11.8 Å². The molecule has 7 heteroatoms. The van der Waals surface area contributed by atoms with Gasteiger partial charge in [0.1, 0.15) is 12.3 Å². The third-order valence-electron chi connectivity index (χ3n) is 2.42. The maximum absolute atomic E-state index is 11.9. The number of nitrogens with zero attached hydrogens (tertiary/aromatic N) is 1. The number of ether oxygens (including phenoxy) is 1. The molecule has 20 heavy (non-hydrogen) atoms. The third-order valence-corrected chi connectivity index (χ3v) is 2.42. The van der Waals surface area contributed by atoms with Crippen molar-refractivity contribution < 1.29 is 22.7 Å². The Labute approximate surface area is 114 Å². The maximum Gasteiger partial charge on any atom is 0.405 e. The van der Waals surface area contributed by atoms with E-state index in [2.05, 4.69) is 0 Å². The summed E-state index contributed by atoms with van der Waals surface area (Å²) in [4.78, 5) is 11.2. The van der Waals surface area contributed by atoms with Crippen molar-refractivity contribution in [3.63, 3.8) is 0 Å². The summed E-state index contributed by atoms with van der Waals surface area (Å²) in [6, 6.07) is 5.14. The molecular weight excluding hydrogens is 273 g/mol. The van der Waals surface area contributed by atoms with Gasteiger partial charge in [0.2, 0.25) is 0 Å². The molecule has 0 unspecified atom stereocenters. The molecule has 0 heterocycles. The Bertz CT molecular complexity index is 525. The van der Waals surface area contributed by atoms with E-state index >= 15 is 0 Å². The first-order valence-corrected chi connectivity index (χ1v) is 5.70. The van der Waals surface area contributed by atoms with Gasteiger partial charge < -0.3 is 10.1 Å². The molecule has 108 valence electrons. The molecule has 1 N–H and O–H groups in total. The molecule has 0 fully saturated rings. The smallest absolute Gasteiger partial charge is 0.405 e. The van der Waals surface area contributed by atoms with Gasteiger partial charge in [0.15, 0.2) is 6.61 Å². The van der Waals surface area contributed by atoms with Gasteiger partial charge in [-0.2, -0.15) is 18.4 Å². The topological polar surface area (TPSA) is 62.1 Å². The van der Waals surface area contributed by atoms with E-state index in [9.17, 15) is 18.0 Å². The number of nitriles is 1. The standard InChI is InChI=1S/C13H13F3N2O2/c1-8-3-10(5-17)4-9(2)12(8)20-6-11(19)18-7-13(14,15)16/h3-4H,6-7H2,1-2H3,(H,18,19). The van der Waals surface area contributed by atoms with Crippen molar-refractivity contribution in [1.29, 1.82) is 5.26 Å². The van der Waals surface area contributed by atoms with Crippen LogP contribution in [0.25, 0.3) is 0 Å². The van der Waals surface area contributed by atoms with E-state index in [4.69, 9.17) is 10.00 Å². The van der Waals surface area contributed by atoms with Crippen molar-refractivity contribution in [2.24, 2.45) is 0 Å². The quantitative estimate of drug-likeness (QED) is 0.923. The summed E-state index contributed by atoms with van der Waals surface area (Å²) < 4.78 is 40.9. The molecule has 1 amide bonds. The number of amides is 1. The van der Waals surface area contributed by atoms with Gasteiger partial charge in [0, 0.05) is 0 Å². The molecule has 0 aromatic heterocycles. The predicted molar refractivity (Wildman–Crippen MR) is 65.2 cm³/mol. The minimum atomic E-state index is -4.45. The Morgan fingerprint density at radius 2 is 1.90 bits per heavy atom. The van der Waals surface area contributed by atoms with Gasteiger partial charge in [-0.1, -0.05) is 0 Å². The Morgan fingerprint density at radius 1 is 1.35 bits per heavy atom. The number of carbonyl (C=O) groups is 1. The second-order valence-electron chi connectivity index (χ2n) is 4.23. The van der Waals surface area contributed by atoms with E-state index in [1.165, 1.54) is 0 Å². The van der Waals surface area contributed by atoms with Crippen LogP contribution < -0.4 is 10.1 Å². The largest absolute Gasteiger partial charge is 0.483 e. The summed E-state index contributed by atoms with van der Waals surface area (Å²) in [5, 5.41) is 10.5. The Kier molecular flexibility index (Phi) is 4.97. The van der Waals surface area contributed by atoms with Crippen LogP contribution in [0.3, 0.4) is 0 Å². The molecule has 0 saturated heterocycles. The number of benzene rings is 1. The summed E-state index contributed by atoms with van der Waals surface area (Å²) in [5.74, 6) is -0.461. The molecule has 0 bridgehead atoms. The SMILES string of the molecule is Cc1cc(C#N)cc(C)c1OCC(=O)NCC(F)(F)F. The molecule has 0 saturated carbocycles. The number of hydrogen-bond donors (Lipinski definition) is 1. The molecule has 1 aromatic rings. The second-order valence-corrected chi connectivity index (χ2v) is 4.23. The fraction of sp³-hybridized carbons (Fsp3) is 0.385. The van der Waals surface area contributed by atoms with Crippen LogP contribution in [0, 0.1) is 25.2 Å². The van der Waals surface area contributed by atoms with Crippen molar-refractivity contribution in [3.05, 3.63) is 28.8 Å². The highest BCUT2D eigenvalue weighted by Gasteiger charge is 2.27. The normalized spacial score (nSPS) is 10.8. The third kappa shape index (κ3) is 4.80. The highest BCUT2D eigenvalue weighted by molar-refractivity contribution is 5.77. The first kappa shape index (κ1) is 15.8. The highest BCUT2D eigenvalue weighted by Crippen LogP contribution is 2.24. The average molecular weight is 286 g/mol. The van der Waals surface area contributed by atoms with Crippen LogP contribution in [-0.2, 0) is 4.79 Å². The fourth-order valence-electron chi connectivity index (χ4n) is 1.63. The lowest BCUT2D eigenvalue weighted by Gasteiger charge is -2.13. The molecule has 4 nitrogen and oxygen atoms in total. The van der Waals surface area contributed by atoms with Crippen LogP contribution in [0.4, 0.5) is 13.2 Å². The zero-order chi connectivity index (χ0) is 15.3.